The Morgan fingerprint density at radius 2 is 2.00 bits per heavy atom. The number of halogens is 1. The Balaban J connectivity index is 2.60. The Morgan fingerprint density at radius 3 is 2.50 bits per heavy atom. The summed E-state index contributed by atoms with van der Waals surface area (Å²) in [7, 11) is 0. The number of nitrogens with two attached hydrogens (primary N) is 1. The maximum Gasteiger partial charge on any atom is 0.240 e. The molecule has 0 spiro atoms. The Bertz CT molecular complexity index is 520. The quantitative estimate of drug-likeness (QED) is 0.775. The van der Waals surface area contributed by atoms with Crippen molar-refractivity contribution in [3.8, 4) is 12.3 Å². The fourth-order valence-corrected chi connectivity index (χ4v) is 1.99. The van der Waals surface area contributed by atoms with Gasteiger partial charge >= 0.3 is 0 Å². The minimum atomic E-state index is -0.806. The molecule has 0 aliphatic rings. The lowest BCUT2D eigenvalue weighted by molar-refractivity contribution is -0.129. The molecule has 106 valence electrons. The monoisotopic (exact) mass is 336 g/mol. The second-order valence-corrected chi connectivity index (χ2v) is 5.52. The van der Waals surface area contributed by atoms with Crippen molar-refractivity contribution in [3.63, 3.8) is 0 Å². The van der Waals surface area contributed by atoms with E-state index in [0.29, 0.717) is 6.42 Å². The van der Waals surface area contributed by atoms with Crippen molar-refractivity contribution in [2.75, 3.05) is 0 Å². The zero-order valence-corrected chi connectivity index (χ0v) is 12.8. The van der Waals surface area contributed by atoms with Crippen LogP contribution in [0.5, 0.6) is 0 Å². The van der Waals surface area contributed by atoms with Crippen LogP contribution in [-0.2, 0) is 16.0 Å². The molecule has 3 N–H and O–H groups in total. The molecular weight excluding hydrogens is 320 g/mol. The van der Waals surface area contributed by atoms with Crippen LogP contribution >= 0.6 is 15.9 Å². The summed E-state index contributed by atoms with van der Waals surface area (Å²) in [6.07, 6.45) is 5.83. The number of benzene rings is 1. The lowest BCUT2D eigenvalue weighted by Crippen LogP contribution is -2.46. The molecule has 2 amide bonds. The summed E-state index contributed by atoms with van der Waals surface area (Å²) in [6, 6.07) is 6.93. The highest BCUT2D eigenvalue weighted by molar-refractivity contribution is 9.10. The molecule has 0 unspecified atom stereocenters. The first-order valence-corrected chi connectivity index (χ1v) is 7.01. The molecule has 0 saturated heterocycles. The minimum absolute atomic E-state index is 0.103. The molecule has 20 heavy (non-hydrogen) atoms. The van der Waals surface area contributed by atoms with Gasteiger partial charge in [-0.3, -0.25) is 9.59 Å². The third-order valence-electron chi connectivity index (χ3n) is 2.88. The summed E-state index contributed by atoms with van der Waals surface area (Å²) >= 11 is 3.36. The number of hydrogen-bond donors (Lipinski definition) is 2. The van der Waals surface area contributed by atoms with Crippen LogP contribution in [-0.4, -0.2) is 17.9 Å². The smallest absolute Gasteiger partial charge is 0.240 e. The lowest BCUT2D eigenvalue weighted by atomic mass is 10.00. The van der Waals surface area contributed by atoms with Crippen LogP contribution in [0.1, 0.15) is 18.9 Å². The number of terminal acetylenes is 1. The van der Waals surface area contributed by atoms with Crippen LogP contribution in [0.3, 0.4) is 0 Å². The number of hydrogen-bond acceptors (Lipinski definition) is 2. The van der Waals surface area contributed by atoms with Gasteiger partial charge in [-0.05, 0) is 24.1 Å². The Labute approximate surface area is 127 Å². The van der Waals surface area contributed by atoms with E-state index >= 15 is 0 Å². The normalized spacial score (nSPS) is 13.1. The van der Waals surface area contributed by atoms with Gasteiger partial charge in [0.05, 0.1) is 0 Å². The molecule has 0 heterocycles. The second-order valence-electron chi connectivity index (χ2n) is 4.60. The van der Waals surface area contributed by atoms with Gasteiger partial charge in [0.25, 0.3) is 0 Å². The van der Waals surface area contributed by atoms with Crippen LogP contribution < -0.4 is 11.1 Å². The van der Waals surface area contributed by atoms with Gasteiger partial charge in [-0.2, -0.15) is 0 Å². The molecule has 1 aromatic rings. The lowest BCUT2D eigenvalue weighted by Gasteiger charge is -2.17. The van der Waals surface area contributed by atoms with E-state index < -0.39 is 11.9 Å². The summed E-state index contributed by atoms with van der Waals surface area (Å²) < 4.78 is 0.987. The fraction of sp³-hybridized carbons (Fsp3) is 0.333. The first-order valence-electron chi connectivity index (χ1n) is 6.21. The van der Waals surface area contributed by atoms with Crippen LogP contribution in [0.25, 0.3) is 0 Å². The zero-order valence-electron chi connectivity index (χ0n) is 11.2. The predicted octanol–water partition coefficient (Wildman–Crippen LogP) is 1.62. The SMILES string of the molecule is C#CC[C@@H](NC(=O)[C@@H](C)Cc1ccc(Br)cc1)C(N)=O. The van der Waals surface area contributed by atoms with Gasteiger partial charge in [0.2, 0.25) is 11.8 Å². The highest BCUT2D eigenvalue weighted by atomic mass is 79.9. The average Bonchev–Trinajstić information content (AvgIpc) is 2.40. The van der Waals surface area contributed by atoms with Gasteiger partial charge in [-0.1, -0.05) is 35.0 Å². The Morgan fingerprint density at radius 1 is 1.40 bits per heavy atom. The van der Waals surface area contributed by atoms with Crippen LogP contribution in [0.2, 0.25) is 0 Å². The largest absolute Gasteiger partial charge is 0.368 e. The predicted molar refractivity (Wildman–Crippen MR) is 81.6 cm³/mol. The number of amides is 2. The van der Waals surface area contributed by atoms with Crippen molar-refractivity contribution in [1.82, 2.24) is 5.32 Å². The van der Waals surface area contributed by atoms with Gasteiger partial charge < -0.3 is 11.1 Å². The summed E-state index contributed by atoms with van der Waals surface area (Å²) in [5, 5.41) is 2.58. The van der Waals surface area contributed by atoms with Gasteiger partial charge in [-0.25, -0.2) is 0 Å². The van der Waals surface area contributed by atoms with Crippen LogP contribution in [0.15, 0.2) is 28.7 Å². The third-order valence-corrected chi connectivity index (χ3v) is 3.41. The molecular formula is C15H17BrN2O2. The maximum absolute atomic E-state index is 12.0. The molecule has 0 aliphatic carbocycles. The fourth-order valence-electron chi connectivity index (χ4n) is 1.72. The van der Waals surface area contributed by atoms with Crippen molar-refractivity contribution in [3.05, 3.63) is 34.3 Å². The molecule has 0 fully saturated rings. The highest BCUT2D eigenvalue weighted by Crippen LogP contribution is 2.14. The average molecular weight is 337 g/mol. The third kappa shape index (κ3) is 5.06. The zero-order chi connectivity index (χ0) is 15.1. The van der Waals surface area contributed by atoms with Crippen molar-refractivity contribution >= 4 is 27.7 Å². The van der Waals surface area contributed by atoms with E-state index in [-0.39, 0.29) is 18.2 Å². The van der Waals surface area contributed by atoms with E-state index in [4.69, 9.17) is 12.2 Å². The molecule has 0 bridgehead atoms. The molecule has 1 rings (SSSR count). The molecule has 0 aliphatic heterocycles. The van der Waals surface area contributed by atoms with Gasteiger partial charge in [0.1, 0.15) is 6.04 Å². The van der Waals surface area contributed by atoms with E-state index in [9.17, 15) is 9.59 Å². The molecule has 5 heteroatoms. The van der Waals surface area contributed by atoms with Crippen molar-refractivity contribution < 1.29 is 9.59 Å². The van der Waals surface area contributed by atoms with E-state index in [1.807, 2.05) is 24.3 Å². The number of primary amides is 1. The summed E-state index contributed by atoms with van der Waals surface area (Å²) in [6.45, 7) is 1.80. The molecule has 1 aromatic carbocycles. The van der Waals surface area contributed by atoms with Gasteiger partial charge in [0.15, 0.2) is 0 Å². The molecule has 2 atom stereocenters. The van der Waals surface area contributed by atoms with Crippen LogP contribution in [0.4, 0.5) is 0 Å². The minimum Gasteiger partial charge on any atom is -0.368 e. The molecule has 4 nitrogen and oxygen atoms in total. The van der Waals surface area contributed by atoms with Gasteiger partial charge in [-0.15, -0.1) is 12.3 Å². The van der Waals surface area contributed by atoms with E-state index in [1.54, 1.807) is 6.92 Å². The Kier molecular flexibility index (Phi) is 6.26. The maximum atomic E-state index is 12.0. The first-order chi connectivity index (χ1) is 9.43. The number of carbonyl (C=O) groups is 2. The van der Waals surface area contributed by atoms with E-state index in [1.165, 1.54) is 0 Å². The van der Waals surface area contributed by atoms with Crippen LogP contribution in [0, 0.1) is 18.3 Å². The van der Waals surface area contributed by atoms with E-state index in [2.05, 4.69) is 27.2 Å². The summed E-state index contributed by atoms with van der Waals surface area (Å²) in [4.78, 5) is 23.2. The van der Waals surface area contributed by atoms with Gasteiger partial charge in [0, 0.05) is 16.8 Å². The first kappa shape index (κ1) is 16.3. The number of carbonyl (C=O) groups excluding carboxylic acids is 2. The number of rotatable bonds is 6. The van der Waals surface area contributed by atoms with Crippen molar-refractivity contribution in [2.24, 2.45) is 11.7 Å². The summed E-state index contributed by atoms with van der Waals surface area (Å²) in [5.41, 5.74) is 6.23. The van der Waals surface area contributed by atoms with Crippen molar-refractivity contribution in [1.29, 1.82) is 0 Å². The molecule has 0 aromatic heterocycles. The number of nitrogens with one attached hydrogen (secondary N) is 1. The molecule has 0 radical (unpaired) electrons. The topological polar surface area (TPSA) is 72.2 Å². The Hall–Kier alpha value is -1.80. The molecule has 0 saturated carbocycles. The highest BCUT2D eigenvalue weighted by Gasteiger charge is 2.20. The summed E-state index contributed by atoms with van der Waals surface area (Å²) in [5.74, 6) is 1.21. The van der Waals surface area contributed by atoms with E-state index in [0.717, 1.165) is 10.0 Å². The second kappa shape index (κ2) is 7.71. The standard InChI is InChI=1S/C15H17BrN2O2/c1-3-4-13(14(17)19)18-15(20)10(2)9-11-5-7-12(16)8-6-11/h1,5-8,10,13H,4,9H2,2H3,(H2,17,19)(H,18,20)/t10-,13+/m0/s1. The van der Waals surface area contributed by atoms with Crippen molar-refractivity contribution in [2.45, 2.75) is 25.8 Å².